The van der Waals surface area contributed by atoms with Crippen molar-refractivity contribution in [2.24, 2.45) is 16.8 Å². The summed E-state index contributed by atoms with van der Waals surface area (Å²) in [6, 6.07) is 0.532. The van der Waals surface area contributed by atoms with Gasteiger partial charge in [-0.2, -0.15) is 0 Å². The quantitative estimate of drug-likeness (QED) is 0.528. The number of nitrogens with one attached hydrogen (secondary N) is 2. The van der Waals surface area contributed by atoms with Gasteiger partial charge in [-0.25, -0.2) is 0 Å². The van der Waals surface area contributed by atoms with E-state index in [1.165, 1.54) is 19.5 Å². The molecule has 23 heavy (non-hydrogen) atoms. The lowest BCUT2D eigenvalue weighted by molar-refractivity contribution is 0.0925. The average Bonchev–Trinajstić information content (AvgIpc) is 2.48. The van der Waals surface area contributed by atoms with E-state index in [4.69, 9.17) is 4.99 Å². The number of nitrogens with zero attached hydrogens (tertiary/aromatic N) is 3. The number of guanidine groups is 1. The molecule has 0 radical (unpaired) electrons. The summed E-state index contributed by atoms with van der Waals surface area (Å²) in [5.74, 6) is 2.31. The Morgan fingerprint density at radius 3 is 2.22 bits per heavy atom. The highest BCUT2D eigenvalue weighted by Crippen LogP contribution is 2.14. The number of piperazine rings is 1. The third-order valence-corrected chi connectivity index (χ3v) is 4.57. The van der Waals surface area contributed by atoms with Crippen LogP contribution in [0.25, 0.3) is 0 Å². The van der Waals surface area contributed by atoms with Crippen LogP contribution in [0.4, 0.5) is 0 Å². The smallest absolute Gasteiger partial charge is 0.191 e. The van der Waals surface area contributed by atoms with Crippen LogP contribution in [-0.2, 0) is 0 Å². The Morgan fingerprint density at radius 1 is 1.04 bits per heavy atom. The standard InChI is InChI=1S/C18H39N5/c1-7-19-18(20-9-8-15(2)3)21-14-17(16(4)5)23-12-10-22(6)11-13-23/h15-17H,7-14H2,1-6H3,(H2,19,20,21). The predicted molar refractivity (Wildman–Crippen MR) is 101 cm³/mol. The van der Waals surface area contributed by atoms with Gasteiger partial charge in [0.2, 0.25) is 0 Å². The number of rotatable bonds is 8. The van der Waals surface area contributed by atoms with E-state index in [0.29, 0.717) is 12.0 Å². The first kappa shape index (κ1) is 20.2. The van der Waals surface area contributed by atoms with Gasteiger partial charge in [0.15, 0.2) is 5.96 Å². The van der Waals surface area contributed by atoms with Gasteiger partial charge in [-0.05, 0) is 32.2 Å². The van der Waals surface area contributed by atoms with Crippen molar-refractivity contribution in [3.63, 3.8) is 0 Å². The van der Waals surface area contributed by atoms with Crippen LogP contribution in [-0.4, -0.2) is 74.7 Å². The molecular weight excluding hydrogens is 286 g/mol. The lowest BCUT2D eigenvalue weighted by Gasteiger charge is -2.39. The second kappa shape index (κ2) is 10.9. The Bertz CT molecular complexity index is 332. The summed E-state index contributed by atoms with van der Waals surface area (Å²) in [6.45, 7) is 18.7. The molecule has 136 valence electrons. The third-order valence-electron chi connectivity index (χ3n) is 4.57. The first-order chi connectivity index (χ1) is 10.9. The fourth-order valence-electron chi connectivity index (χ4n) is 2.91. The van der Waals surface area contributed by atoms with E-state index >= 15 is 0 Å². The Morgan fingerprint density at radius 2 is 1.70 bits per heavy atom. The van der Waals surface area contributed by atoms with Crippen molar-refractivity contribution < 1.29 is 0 Å². The molecule has 0 saturated carbocycles. The molecule has 0 spiro atoms. The molecule has 0 aliphatic carbocycles. The van der Waals surface area contributed by atoms with Crippen molar-refractivity contribution in [1.82, 2.24) is 20.4 Å². The Labute approximate surface area is 143 Å². The van der Waals surface area contributed by atoms with Gasteiger partial charge in [0.25, 0.3) is 0 Å². The van der Waals surface area contributed by atoms with E-state index in [9.17, 15) is 0 Å². The van der Waals surface area contributed by atoms with Crippen molar-refractivity contribution in [2.45, 2.75) is 47.1 Å². The summed E-state index contributed by atoms with van der Waals surface area (Å²) < 4.78 is 0. The lowest BCUT2D eigenvalue weighted by Crippen LogP contribution is -2.52. The molecule has 0 amide bonds. The Kier molecular flexibility index (Phi) is 9.56. The molecule has 5 nitrogen and oxygen atoms in total. The average molecular weight is 326 g/mol. The molecular formula is C18H39N5. The zero-order valence-corrected chi connectivity index (χ0v) is 16.2. The van der Waals surface area contributed by atoms with Crippen LogP contribution in [0.15, 0.2) is 4.99 Å². The van der Waals surface area contributed by atoms with Gasteiger partial charge in [0.05, 0.1) is 6.54 Å². The maximum atomic E-state index is 4.87. The number of hydrogen-bond acceptors (Lipinski definition) is 3. The molecule has 0 aromatic carbocycles. The molecule has 1 aliphatic rings. The topological polar surface area (TPSA) is 42.9 Å². The molecule has 1 heterocycles. The first-order valence-corrected chi connectivity index (χ1v) is 9.38. The van der Waals surface area contributed by atoms with Gasteiger partial charge < -0.3 is 15.5 Å². The van der Waals surface area contributed by atoms with E-state index in [0.717, 1.165) is 44.6 Å². The number of aliphatic imine (C=N–C) groups is 1. The molecule has 0 bridgehead atoms. The second-order valence-electron chi connectivity index (χ2n) is 7.48. The molecule has 1 fully saturated rings. The summed E-state index contributed by atoms with van der Waals surface area (Å²) in [7, 11) is 2.21. The Hall–Kier alpha value is -0.810. The minimum absolute atomic E-state index is 0.532. The number of hydrogen-bond donors (Lipinski definition) is 2. The van der Waals surface area contributed by atoms with Crippen molar-refractivity contribution in [3.8, 4) is 0 Å². The normalized spacial score (nSPS) is 19.4. The molecule has 0 aromatic rings. The van der Waals surface area contributed by atoms with E-state index in [1.54, 1.807) is 0 Å². The monoisotopic (exact) mass is 325 g/mol. The largest absolute Gasteiger partial charge is 0.357 e. The van der Waals surface area contributed by atoms with Crippen LogP contribution in [0.2, 0.25) is 0 Å². The first-order valence-electron chi connectivity index (χ1n) is 9.38. The van der Waals surface area contributed by atoms with Crippen LogP contribution in [0.1, 0.15) is 41.0 Å². The molecule has 2 N–H and O–H groups in total. The summed E-state index contributed by atoms with van der Waals surface area (Å²) in [5, 5.41) is 6.84. The highest BCUT2D eigenvalue weighted by Gasteiger charge is 2.24. The van der Waals surface area contributed by atoms with Crippen LogP contribution in [0.3, 0.4) is 0 Å². The minimum atomic E-state index is 0.532. The summed E-state index contributed by atoms with van der Waals surface area (Å²) in [5.41, 5.74) is 0. The van der Waals surface area contributed by atoms with Crippen molar-refractivity contribution in [1.29, 1.82) is 0 Å². The summed E-state index contributed by atoms with van der Waals surface area (Å²) in [6.07, 6.45) is 1.18. The minimum Gasteiger partial charge on any atom is -0.357 e. The highest BCUT2D eigenvalue weighted by atomic mass is 15.3. The SMILES string of the molecule is CCNC(=NCC(C(C)C)N1CCN(C)CC1)NCCC(C)C. The van der Waals surface area contributed by atoms with Gasteiger partial charge in [-0.1, -0.05) is 27.7 Å². The zero-order chi connectivity index (χ0) is 17.2. The van der Waals surface area contributed by atoms with Gasteiger partial charge in [0.1, 0.15) is 0 Å². The molecule has 1 saturated heterocycles. The maximum absolute atomic E-state index is 4.87. The number of likely N-dealkylation sites (N-methyl/N-ethyl adjacent to an activating group) is 1. The van der Waals surface area contributed by atoms with Crippen molar-refractivity contribution in [3.05, 3.63) is 0 Å². The summed E-state index contributed by atoms with van der Waals surface area (Å²) in [4.78, 5) is 9.89. The molecule has 1 rings (SSSR count). The molecule has 1 aliphatic heterocycles. The van der Waals surface area contributed by atoms with Crippen LogP contribution in [0, 0.1) is 11.8 Å². The van der Waals surface area contributed by atoms with Gasteiger partial charge in [-0.15, -0.1) is 0 Å². The highest BCUT2D eigenvalue weighted by molar-refractivity contribution is 5.79. The van der Waals surface area contributed by atoms with Gasteiger partial charge in [0, 0.05) is 45.3 Å². The summed E-state index contributed by atoms with van der Waals surface area (Å²) >= 11 is 0. The van der Waals surface area contributed by atoms with Crippen LogP contribution in [0.5, 0.6) is 0 Å². The molecule has 0 aromatic heterocycles. The van der Waals surface area contributed by atoms with Crippen molar-refractivity contribution in [2.75, 3.05) is 52.9 Å². The molecule has 1 unspecified atom stereocenters. The fraction of sp³-hybridized carbons (Fsp3) is 0.944. The van der Waals surface area contributed by atoms with Crippen molar-refractivity contribution >= 4 is 5.96 Å². The molecule has 5 heteroatoms. The van der Waals surface area contributed by atoms with Crippen LogP contribution < -0.4 is 10.6 Å². The van der Waals surface area contributed by atoms with E-state index in [-0.39, 0.29) is 0 Å². The van der Waals surface area contributed by atoms with Gasteiger partial charge >= 0.3 is 0 Å². The predicted octanol–water partition coefficient (Wildman–Crippen LogP) is 1.86. The lowest BCUT2D eigenvalue weighted by atomic mass is 10.0. The van der Waals surface area contributed by atoms with E-state index in [1.807, 2.05) is 0 Å². The van der Waals surface area contributed by atoms with Crippen LogP contribution >= 0.6 is 0 Å². The van der Waals surface area contributed by atoms with E-state index in [2.05, 4.69) is 62.1 Å². The zero-order valence-electron chi connectivity index (χ0n) is 16.2. The molecule has 1 atom stereocenters. The van der Waals surface area contributed by atoms with Gasteiger partial charge in [-0.3, -0.25) is 9.89 Å². The second-order valence-corrected chi connectivity index (χ2v) is 7.48. The Balaban J connectivity index is 2.57. The van der Waals surface area contributed by atoms with E-state index < -0.39 is 0 Å². The third kappa shape index (κ3) is 8.02. The maximum Gasteiger partial charge on any atom is 0.191 e. The fourth-order valence-corrected chi connectivity index (χ4v) is 2.91.